The van der Waals surface area contributed by atoms with E-state index in [0.29, 0.717) is 27.9 Å². The Morgan fingerprint density at radius 1 is 1.17 bits per heavy atom. The number of aliphatic imine (C=N–C) groups is 1. The van der Waals surface area contributed by atoms with E-state index in [4.69, 9.17) is 16.0 Å². The molecule has 1 N–H and O–H groups in total. The zero-order valence-electron chi connectivity index (χ0n) is 16.1. The van der Waals surface area contributed by atoms with Crippen molar-refractivity contribution in [3.05, 3.63) is 80.4 Å². The molecule has 8 heteroatoms. The maximum Gasteiger partial charge on any atom is 0.288 e. The summed E-state index contributed by atoms with van der Waals surface area (Å²) in [6.07, 6.45) is 1.49. The lowest BCUT2D eigenvalue weighted by atomic mass is 10.1. The fourth-order valence-corrected chi connectivity index (χ4v) is 3.35. The molecule has 0 aliphatic rings. The van der Waals surface area contributed by atoms with Gasteiger partial charge in [-0.1, -0.05) is 23.7 Å². The van der Waals surface area contributed by atoms with E-state index in [9.17, 15) is 15.2 Å². The summed E-state index contributed by atoms with van der Waals surface area (Å²) in [6, 6.07) is 13.1. The lowest BCUT2D eigenvalue weighted by Crippen LogP contribution is -1.91. The molecule has 0 aliphatic carbocycles. The molecule has 0 unspecified atom stereocenters. The number of nitro groups is 1. The van der Waals surface area contributed by atoms with Crippen LogP contribution in [0.3, 0.4) is 0 Å². The molecular formula is C22H16ClN3O4. The number of phenols is 1. The number of rotatable bonds is 4. The highest BCUT2D eigenvalue weighted by atomic mass is 35.5. The third-order valence-corrected chi connectivity index (χ3v) is 4.88. The van der Waals surface area contributed by atoms with Gasteiger partial charge in [0.25, 0.3) is 5.69 Å². The number of aryl methyl sites for hydroxylation is 2. The smallest absolute Gasteiger partial charge is 0.288 e. The number of aromatic hydroxyl groups is 1. The molecule has 0 saturated carbocycles. The van der Waals surface area contributed by atoms with E-state index in [1.807, 2.05) is 26.0 Å². The van der Waals surface area contributed by atoms with Gasteiger partial charge in [-0.05, 0) is 60.9 Å². The molecule has 7 nitrogen and oxygen atoms in total. The summed E-state index contributed by atoms with van der Waals surface area (Å²) >= 11 is 5.84. The molecule has 4 aromatic rings. The monoisotopic (exact) mass is 421 g/mol. The second-order valence-corrected chi connectivity index (χ2v) is 7.28. The molecule has 0 spiro atoms. The second-order valence-electron chi connectivity index (χ2n) is 6.88. The number of hydrogen-bond acceptors (Lipinski definition) is 6. The highest BCUT2D eigenvalue weighted by molar-refractivity contribution is 6.32. The van der Waals surface area contributed by atoms with Crippen LogP contribution in [0.15, 0.2) is 57.9 Å². The van der Waals surface area contributed by atoms with Crippen LogP contribution in [0.2, 0.25) is 5.02 Å². The van der Waals surface area contributed by atoms with Gasteiger partial charge in [0.05, 0.1) is 16.2 Å². The topological polar surface area (TPSA) is 102 Å². The van der Waals surface area contributed by atoms with Crippen LogP contribution in [-0.4, -0.2) is 21.2 Å². The zero-order chi connectivity index (χ0) is 21.4. The predicted octanol–water partition coefficient (Wildman–Crippen LogP) is 6.13. The normalized spacial score (nSPS) is 11.4. The van der Waals surface area contributed by atoms with Crippen molar-refractivity contribution in [2.24, 2.45) is 4.99 Å². The maximum absolute atomic E-state index is 11.0. The molecule has 0 saturated heterocycles. The van der Waals surface area contributed by atoms with E-state index in [1.165, 1.54) is 24.4 Å². The molecule has 4 rings (SSSR count). The lowest BCUT2D eigenvalue weighted by Gasteiger charge is -2.02. The van der Waals surface area contributed by atoms with Gasteiger partial charge in [0.15, 0.2) is 5.58 Å². The van der Waals surface area contributed by atoms with Gasteiger partial charge in [0.2, 0.25) is 5.89 Å². The molecule has 150 valence electrons. The number of benzene rings is 3. The van der Waals surface area contributed by atoms with Gasteiger partial charge in [0, 0.05) is 12.3 Å². The quantitative estimate of drug-likeness (QED) is 0.242. The van der Waals surface area contributed by atoms with Crippen LogP contribution in [0.4, 0.5) is 11.4 Å². The minimum atomic E-state index is -0.546. The third kappa shape index (κ3) is 3.75. The van der Waals surface area contributed by atoms with E-state index in [0.717, 1.165) is 11.1 Å². The molecule has 0 aliphatic heterocycles. The fraction of sp³-hybridized carbons (Fsp3) is 0.0909. The summed E-state index contributed by atoms with van der Waals surface area (Å²) in [5.74, 6) is 0.299. The summed E-state index contributed by atoms with van der Waals surface area (Å²) in [5, 5.41) is 21.4. The fourth-order valence-electron chi connectivity index (χ4n) is 3.17. The molecule has 30 heavy (non-hydrogen) atoms. The Hall–Kier alpha value is -3.71. The number of halogens is 1. The number of nitro benzene ring substituents is 1. The van der Waals surface area contributed by atoms with E-state index >= 15 is 0 Å². The minimum absolute atomic E-state index is 0.0111. The van der Waals surface area contributed by atoms with Gasteiger partial charge in [-0.15, -0.1) is 0 Å². The largest absolute Gasteiger partial charge is 0.507 e. The number of oxazole rings is 1. The van der Waals surface area contributed by atoms with Crippen molar-refractivity contribution in [2.75, 3.05) is 0 Å². The van der Waals surface area contributed by atoms with Crippen LogP contribution < -0.4 is 0 Å². The molecule has 1 aromatic heterocycles. The van der Waals surface area contributed by atoms with Crippen LogP contribution in [0.5, 0.6) is 5.75 Å². The Kier molecular flexibility index (Phi) is 4.97. The van der Waals surface area contributed by atoms with E-state index < -0.39 is 4.92 Å². The number of phenolic OH excluding ortho intramolecular Hbond substituents is 1. The summed E-state index contributed by atoms with van der Waals surface area (Å²) in [7, 11) is 0. The summed E-state index contributed by atoms with van der Waals surface area (Å²) in [5.41, 5.74) is 4.66. The van der Waals surface area contributed by atoms with E-state index in [1.54, 1.807) is 18.2 Å². The van der Waals surface area contributed by atoms with Crippen molar-refractivity contribution in [3.63, 3.8) is 0 Å². The zero-order valence-corrected chi connectivity index (χ0v) is 16.8. The van der Waals surface area contributed by atoms with Crippen molar-refractivity contribution in [2.45, 2.75) is 13.8 Å². The maximum atomic E-state index is 11.0. The molecular weight excluding hydrogens is 406 g/mol. The summed E-state index contributed by atoms with van der Waals surface area (Å²) in [6.45, 7) is 3.92. The molecule has 0 fully saturated rings. The SMILES string of the molecule is Cc1cc(C)c2oc(-c3cc(N=Cc4ccc(Cl)c([N+](=O)[O-])c4)ccc3O)nc2c1. The third-order valence-electron chi connectivity index (χ3n) is 4.56. The van der Waals surface area contributed by atoms with Gasteiger partial charge in [-0.3, -0.25) is 15.1 Å². The first-order valence-corrected chi connectivity index (χ1v) is 9.39. The summed E-state index contributed by atoms with van der Waals surface area (Å²) < 4.78 is 5.88. The molecule has 0 amide bonds. The van der Waals surface area contributed by atoms with Gasteiger partial charge in [-0.2, -0.15) is 0 Å². The van der Waals surface area contributed by atoms with Crippen molar-refractivity contribution in [3.8, 4) is 17.2 Å². The van der Waals surface area contributed by atoms with Gasteiger partial charge in [0.1, 0.15) is 16.3 Å². The number of nitrogens with zero attached hydrogens (tertiary/aromatic N) is 3. The van der Waals surface area contributed by atoms with Crippen LogP contribution >= 0.6 is 11.6 Å². The second kappa shape index (κ2) is 7.61. The average molecular weight is 422 g/mol. The highest BCUT2D eigenvalue weighted by Gasteiger charge is 2.15. The highest BCUT2D eigenvalue weighted by Crippen LogP contribution is 2.35. The molecule has 0 radical (unpaired) electrons. The molecule has 3 aromatic carbocycles. The minimum Gasteiger partial charge on any atom is -0.507 e. The van der Waals surface area contributed by atoms with Crippen molar-refractivity contribution < 1.29 is 14.4 Å². The van der Waals surface area contributed by atoms with Gasteiger partial charge in [-0.25, -0.2) is 4.98 Å². The Morgan fingerprint density at radius 3 is 2.73 bits per heavy atom. The molecule has 0 atom stereocenters. The van der Waals surface area contributed by atoms with Crippen molar-refractivity contribution >= 4 is 40.3 Å². The first-order chi connectivity index (χ1) is 14.3. The average Bonchev–Trinajstić information content (AvgIpc) is 3.12. The predicted molar refractivity (Wildman–Crippen MR) is 116 cm³/mol. The standard InChI is InChI=1S/C22H16ClN3O4/c1-12-7-13(2)21-18(8-12)25-22(30-21)16-10-15(4-6-20(16)27)24-11-14-3-5-17(23)19(9-14)26(28)29/h3-11,27H,1-2H3. The van der Waals surface area contributed by atoms with Crippen molar-refractivity contribution in [1.82, 2.24) is 4.98 Å². The summed E-state index contributed by atoms with van der Waals surface area (Å²) in [4.78, 5) is 19.3. The Labute approximate surface area is 176 Å². The Balaban J connectivity index is 1.71. The Morgan fingerprint density at radius 2 is 1.97 bits per heavy atom. The first-order valence-electron chi connectivity index (χ1n) is 9.01. The Bertz CT molecular complexity index is 1330. The van der Waals surface area contributed by atoms with Crippen LogP contribution in [0.1, 0.15) is 16.7 Å². The van der Waals surface area contributed by atoms with Gasteiger partial charge < -0.3 is 9.52 Å². The molecule has 1 heterocycles. The van der Waals surface area contributed by atoms with Crippen LogP contribution in [0, 0.1) is 24.0 Å². The molecule has 0 bridgehead atoms. The van der Waals surface area contributed by atoms with Crippen LogP contribution in [0.25, 0.3) is 22.6 Å². The lowest BCUT2D eigenvalue weighted by molar-refractivity contribution is -0.384. The van der Waals surface area contributed by atoms with Gasteiger partial charge >= 0.3 is 0 Å². The number of hydrogen-bond donors (Lipinski definition) is 1. The van der Waals surface area contributed by atoms with Crippen molar-refractivity contribution in [1.29, 1.82) is 0 Å². The number of fused-ring (bicyclic) bond motifs is 1. The van der Waals surface area contributed by atoms with E-state index in [2.05, 4.69) is 9.98 Å². The first kappa shape index (κ1) is 19.6. The number of aromatic nitrogens is 1. The van der Waals surface area contributed by atoms with E-state index in [-0.39, 0.29) is 22.4 Å². The van der Waals surface area contributed by atoms with Crippen LogP contribution in [-0.2, 0) is 0 Å².